The Hall–Kier alpha value is -2.08. The molecule has 0 aliphatic carbocycles. The van der Waals surface area contributed by atoms with E-state index >= 15 is 0 Å². The minimum absolute atomic E-state index is 0.0284. The lowest BCUT2D eigenvalue weighted by Gasteiger charge is -2.25. The first-order valence-corrected chi connectivity index (χ1v) is 7.78. The molecule has 3 N–H and O–H groups in total. The Morgan fingerprint density at radius 3 is 2.70 bits per heavy atom. The van der Waals surface area contributed by atoms with Crippen molar-refractivity contribution in [2.75, 3.05) is 11.4 Å². The van der Waals surface area contributed by atoms with Gasteiger partial charge in [0.15, 0.2) is 0 Å². The summed E-state index contributed by atoms with van der Waals surface area (Å²) in [5.41, 5.74) is 8.33. The first-order chi connectivity index (χ1) is 10.7. The van der Waals surface area contributed by atoms with Crippen LogP contribution in [0.5, 0.6) is 0 Å². The maximum atomic E-state index is 12.3. The number of nitrogens with two attached hydrogens (primary N) is 1. The summed E-state index contributed by atoms with van der Waals surface area (Å²) in [6.07, 6.45) is 0.733. The highest BCUT2D eigenvalue weighted by atomic mass is 16.6. The predicted octanol–water partition coefficient (Wildman–Crippen LogP) is 2.85. The molecule has 1 amide bonds. The maximum absolute atomic E-state index is 12.3. The fraction of sp³-hybridized carbons (Fsp3) is 0.529. The number of amides is 1. The highest BCUT2D eigenvalue weighted by molar-refractivity contribution is 5.91. The summed E-state index contributed by atoms with van der Waals surface area (Å²) in [5, 5.41) is 8.80. The van der Waals surface area contributed by atoms with Crippen molar-refractivity contribution in [1.29, 1.82) is 0 Å². The minimum Gasteiger partial charge on any atom is -0.481 e. The Bertz CT molecular complexity index is 607. The van der Waals surface area contributed by atoms with Crippen molar-refractivity contribution in [2.24, 2.45) is 5.73 Å². The van der Waals surface area contributed by atoms with Crippen LogP contribution in [0.4, 0.5) is 10.5 Å². The lowest BCUT2D eigenvalue weighted by atomic mass is 9.96. The summed E-state index contributed by atoms with van der Waals surface area (Å²) < 4.78 is 5.44. The molecule has 1 heterocycles. The number of nitrogens with zero attached hydrogens (tertiary/aromatic N) is 1. The van der Waals surface area contributed by atoms with Gasteiger partial charge in [0.1, 0.15) is 5.60 Å². The number of benzene rings is 1. The van der Waals surface area contributed by atoms with E-state index in [4.69, 9.17) is 15.6 Å². The molecule has 1 aliphatic rings. The van der Waals surface area contributed by atoms with Gasteiger partial charge in [0, 0.05) is 19.0 Å². The second kappa shape index (κ2) is 6.58. The zero-order valence-corrected chi connectivity index (χ0v) is 13.8. The van der Waals surface area contributed by atoms with Gasteiger partial charge in [-0.2, -0.15) is 0 Å². The van der Waals surface area contributed by atoms with Gasteiger partial charge in [0.25, 0.3) is 0 Å². The van der Waals surface area contributed by atoms with Crippen LogP contribution in [-0.2, 0) is 16.0 Å². The van der Waals surface area contributed by atoms with Crippen molar-refractivity contribution >= 4 is 17.7 Å². The Morgan fingerprint density at radius 2 is 2.09 bits per heavy atom. The van der Waals surface area contributed by atoms with E-state index in [1.54, 1.807) is 4.90 Å². The Kier molecular flexibility index (Phi) is 4.94. The van der Waals surface area contributed by atoms with Crippen molar-refractivity contribution in [2.45, 2.75) is 51.7 Å². The molecule has 0 aromatic heterocycles. The van der Waals surface area contributed by atoms with E-state index in [1.807, 2.05) is 39.0 Å². The minimum atomic E-state index is -0.858. The van der Waals surface area contributed by atoms with Crippen LogP contribution >= 0.6 is 0 Å². The average molecular weight is 320 g/mol. The SMILES string of the molecule is CC(C)(C)OC(=O)N1CCc2c(C(N)CCC(=O)O)cccc21. The van der Waals surface area contributed by atoms with Gasteiger partial charge in [-0.15, -0.1) is 0 Å². The summed E-state index contributed by atoms with van der Waals surface area (Å²) in [5.74, 6) is -0.858. The average Bonchev–Trinajstić information content (AvgIpc) is 2.86. The van der Waals surface area contributed by atoms with Crippen molar-refractivity contribution in [3.8, 4) is 0 Å². The fourth-order valence-corrected chi connectivity index (χ4v) is 2.75. The highest BCUT2D eigenvalue weighted by Crippen LogP contribution is 2.35. The molecule has 1 aliphatic heterocycles. The van der Waals surface area contributed by atoms with E-state index in [2.05, 4.69) is 0 Å². The predicted molar refractivity (Wildman–Crippen MR) is 87.5 cm³/mol. The molecule has 0 radical (unpaired) electrons. The molecule has 126 valence electrons. The molecule has 1 aromatic carbocycles. The second-order valence-corrected chi connectivity index (χ2v) is 6.77. The first-order valence-electron chi connectivity index (χ1n) is 7.78. The first kappa shape index (κ1) is 17.3. The van der Waals surface area contributed by atoms with Gasteiger partial charge in [-0.3, -0.25) is 9.69 Å². The molecule has 0 bridgehead atoms. The lowest BCUT2D eigenvalue weighted by molar-refractivity contribution is -0.137. The molecule has 0 saturated carbocycles. The van der Waals surface area contributed by atoms with Crippen LogP contribution in [0.3, 0.4) is 0 Å². The maximum Gasteiger partial charge on any atom is 0.414 e. The van der Waals surface area contributed by atoms with E-state index in [-0.39, 0.29) is 18.6 Å². The van der Waals surface area contributed by atoms with Crippen LogP contribution in [-0.4, -0.2) is 29.3 Å². The van der Waals surface area contributed by atoms with Crippen molar-refractivity contribution in [3.05, 3.63) is 29.3 Å². The third-order valence-corrected chi connectivity index (χ3v) is 3.75. The Labute approximate surface area is 136 Å². The number of aliphatic carboxylic acids is 1. The second-order valence-electron chi connectivity index (χ2n) is 6.77. The van der Waals surface area contributed by atoms with E-state index in [0.717, 1.165) is 16.8 Å². The number of carbonyl (C=O) groups excluding carboxylic acids is 1. The molecule has 6 nitrogen and oxygen atoms in total. The number of carboxylic acid groups (broad SMARTS) is 1. The summed E-state index contributed by atoms with van der Waals surface area (Å²) >= 11 is 0. The molecule has 1 aromatic rings. The number of carbonyl (C=O) groups is 2. The van der Waals surface area contributed by atoms with Crippen molar-refractivity contribution in [3.63, 3.8) is 0 Å². The monoisotopic (exact) mass is 320 g/mol. The van der Waals surface area contributed by atoms with E-state index in [9.17, 15) is 9.59 Å². The standard InChI is InChI=1S/C17H24N2O4/c1-17(2,3)23-16(22)19-10-9-12-11(5-4-6-14(12)19)13(18)7-8-15(20)21/h4-6,13H,7-10,18H2,1-3H3,(H,20,21). The zero-order valence-electron chi connectivity index (χ0n) is 13.8. The largest absolute Gasteiger partial charge is 0.481 e. The molecule has 1 atom stereocenters. The van der Waals surface area contributed by atoms with Gasteiger partial charge in [-0.25, -0.2) is 4.79 Å². The van der Waals surface area contributed by atoms with E-state index < -0.39 is 11.6 Å². The fourth-order valence-electron chi connectivity index (χ4n) is 2.75. The quantitative estimate of drug-likeness (QED) is 0.890. The molecular weight excluding hydrogens is 296 g/mol. The summed E-state index contributed by atoms with van der Waals surface area (Å²) in [4.78, 5) is 24.7. The topological polar surface area (TPSA) is 92.9 Å². The number of hydrogen-bond donors (Lipinski definition) is 2. The lowest BCUT2D eigenvalue weighted by Crippen LogP contribution is -2.35. The van der Waals surface area contributed by atoms with Crippen molar-refractivity contribution in [1.82, 2.24) is 0 Å². The number of rotatable bonds is 4. The normalized spacial score (nSPS) is 15.2. The third-order valence-electron chi connectivity index (χ3n) is 3.75. The number of carboxylic acids is 1. The van der Waals surface area contributed by atoms with E-state index in [0.29, 0.717) is 19.4 Å². The highest BCUT2D eigenvalue weighted by Gasteiger charge is 2.31. The Morgan fingerprint density at radius 1 is 1.39 bits per heavy atom. The smallest absolute Gasteiger partial charge is 0.414 e. The molecular formula is C17H24N2O4. The number of fused-ring (bicyclic) bond motifs is 1. The Balaban J connectivity index is 2.20. The van der Waals surface area contributed by atoms with Crippen LogP contribution in [0, 0.1) is 0 Å². The molecule has 0 fully saturated rings. The van der Waals surface area contributed by atoms with Gasteiger partial charge in [0.05, 0.1) is 5.69 Å². The van der Waals surface area contributed by atoms with Gasteiger partial charge in [0.2, 0.25) is 0 Å². The summed E-state index contributed by atoms with van der Waals surface area (Å²) in [7, 11) is 0. The molecule has 6 heteroatoms. The van der Waals surface area contributed by atoms with Crippen LogP contribution in [0.1, 0.15) is 50.8 Å². The summed E-state index contributed by atoms with van der Waals surface area (Å²) in [6, 6.07) is 5.28. The number of anilines is 1. The third kappa shape index (κ3) is 4.22. The van der Waals surface area contributed by atoms with Gasteiger partial charge >= 0.3 is 12.1 Å². The molecule has 23 heavy (non-hydrogen) atoms. The van der Waals surface area contributed by atoms with Crippen LogP contribution in [0.25, 0.3) is 0 Å². The van der Waals surface area contributed by atoms with Crippen LogP contribution in [0.2, 0.25) is 0 Å². The van der Waals surface area contributed by atoms with Gasteiger partial charge in [-0.1, -0.05) is 12.1 Å². The zero-order chi connectivity index (χ0) is 17.2. The van der Waals surface area contributed by atoms with Crippen molar-refractivity contribution < 1.29 is 19.4 Å². The number of ether oxygens (including phenoxy) is 1. The summed E-state index contributed by atoms with van der Waals surface area (Å²) in [6.45, 7) is 6.05. The molecule has 0 spiro atoms. The van der Waals surface area contributed by atoms with Gasteiger partial charge in [-0.05, 0) is 50.8 Å². The van der Waals surface area contributed by atoms with Crippen LogP contribution < -0.4 is 10.6 Å². The molecule has 1 unspecified atom stereocenters. The number of hydrogen-bond acceptors (Lipinski definition) is 4. The molecule has 2 rings (SSSR count). The van der Waals surface area contributed by atoms with E-state index in [1.165, 1.54) is 0 Å². The van der Waals surface area contributed by atoms with Crippen LogP contribution in [0.15, 0.2) is 18.2 Å². The van der Waals surface area contributed by atoms with Gasteiger partial charge < -0.3 is 15.6 Å². The molecule has 0 saturated heterocycles.